The van der Waals surface area contributed by atoms with E-state index < -0.39 is 10.1 Å². The molecule has 0 aromatic heterocycles. The van der Waals surface area contributed by atoms with Crippen LogP contribution >= 0.6 is 0 Å². The predicted octanol–water partition coefficient (Wildman–Crippen LogP) is -1.63. The smallest absolute Gasteiger partial charge is 0.748 e. The van der Waals surface area contributed by atoms with Crippen LogP contribution in [0.1, 0.15) is 12.5 Å². The van der Waals surface area contributed by atoms with E-state index in [0.717, 1.165) is 11.3 Å². The van der Waals surface area contributed by atoms with Gasteiger partial charge >= 0.3 is 29.6 Å². The molecule has 0 aliphatic carbocycles. The first-order chi connectivity index (χ1) is 7.42. The van der Waals surface area contributed by atoms with Gasteiger partial charge in [-0.15, -0.1) is 0 Å². The van der Waals surface area contributed by atoms with Gasteiger partial charge in [-0.2, -0.15) is 0 Å². The summed E-state index contributed by atoms with van der Waals surface area (Å²) in [5.41, 5.74) is 2.06. The molecule has 1 rings (SSSR count). The summed E-state index contributed by atoms with van der Waals surface area (Å²) in [6.45, 7) is 4.83. The molecule has 0 N–H and O–H groups in total. The third kappa shape index (κ3) is 6.43. The molecular formula is C11H16NNaO3S. The van der Waals surface area contributed by atoms with Crippen molar-refractivity contribution in [3.05, 3.63) is 29.8 Å². The number of benzene rings is 1. The molecule has 0 atom stereocenters. The van der Waals surface area contributed by atoms with Crippen LogP contribution in [0.15, 0.2) is 24.3 Å². The van der Waals surface area contributed by atoms with Crippen molar-refractivity contribution >= 4 is 15.8 Å². The molecule has 90 valence electrons. The molecule has 1 aromatic carbocycles. The van der Waals surface area contributed by atoms with Gasteiger partial charge in [0.2, 0.25) is 0 Å². The Kier molecular flexibility index (Phi) is 7.35. The van der Waals surface area contributed by atoms with Crippen LogP contribution in [0.5, 0.6) is 0 Å². The zero-order chi connectivity index (χ0) is 12.2. The Bertz CT molecular complexity index is 448. The fraction of sp³-hybridized carbons (Fsp3) is 0.455. The van der Waals surface area contributed by atoms with Gasteiger partial charge in [0, 0.05) is 18.8 Å². The molecule has 0 radical (unpaired) electrons. The zero-order valence-corrected chi connectivity index (χ0v) is 13.3. The summed E-state index contributed by atoms with van der Waals surface area (Å²) in [5.74, 6) is -0.352. The van der Waals surface area contributed by atoms with E-state index in [9.17, 15) is 13.0 Å². The number of hydrogen-bond acceptors (Lipinski definition) is 4. The maximum atomic E-state index is 10.6. The second kappa shape index (κ2) is 7.38. The standard InChI is InChI=1S/C11H17NO3S.Na/c1-3-12(7-8-16(13,14)15)11-6-4-5-10(2)9-11;/h4-6,9H,3,7-8H2,1-2H3,(H,13,14,15);/q;+1/p-1. The van der Waals surface area contributed by atoms with E-state index in [0.29, 0.717) is 6.54 Å². The second-order valence-electron chi connectivity index (χ2n) is 3.68. The average molecular weight is 265 g/mol. The molecule has 1 aromatic rings. The third-order valence-corrected chi connectivity index (χ3v) is 3.04. The molecule has 0 aliphatic rings. The van der Waals surface area contributed by atoms with Gasteiger partial charge in [0.15, 0.2) is 0 Å². The fourth-order valence-corrected chi connectivity index (χ4v) is 1.96. The fourth-order valence-electron chi connectivity index (χ4n) is 1.52. The van der Waals surface area contributed by atoms with Crippen molar-refractivity contribution in [2.75, 3.05) is 23.7 Å². The predicted molar refractivity (Wildman–Crippen MR) is 63.6 cm³/mol. The SMILES string of the molecule is CCN(CCS(=O)(=O)[O-])c1cccc(C)c1.[Na+]. The summed E-state index contributed by atoms with van der Waals surface area (Å²) in [4.78, 5) is 1.88. The van der Waals surface area contributed by atoms with E-state index in [1.165, 1.54) is 0 Å². The molecule has 0 saturated carbocycles. The maximum absolute atomic E-state index is 10.6. The number of anilines is 1. The van der Waals surface area contributed by atoms with Gasteiger partial charge in [-0.25, -0.2) is 8.42 Å². The minimum absolute atomic E-state index is 0. The third-order valence-electron chi connectivity index (χ3n) is 2.36. The molecule has 0 saturated heterocycles. The van der Waals surface area contributed by atoms with Crippen LogP contribution in [0, 0.1) is 6.92 Å². The van der Waals surface area contributed by atoms with Gasteiger partial charge in [-0.3, -0.25) is 0 Å². The Morgan fingerprint density at radius 2 is 2.00 bits per heavy atom. The molecule has 0 bridgehead atoms. The summed E-state index contributed by atoms with van der Waals surface area (Å²) in [6, 6.07) is 7.77. The Labute approximate surface area is 125 Å². The molecule has 0 aliphatic heterocycles. The first kappa shape index (κ1) is 16.9. The molecule has 6 heteroatoms. The van der Waals surface area contributed by atoms with Crippen LogP contribution in [0.3, 0.4) is 0 Å². The van der Waals surface area contributed by atoms with Crippen molar-refractivity contribution in [3.8, 4) is 0 Å². The monoisotopic (exact) mass is 265 g/mol. The number of nitrogens with zero attached hydrogens (tertiary/aromatic N) is 1. The van der Waals surface area contributed by atoms with Crippen LogP contribution in [0.2, 0.25) is 0 Å². The normalized spacial score (nSPS) is 10.8. The second-order valence-corrected chi connectivity index (χ2v) is 5.20. The van der Waals surface area contributed by atoms with Crippen molar-refractivity contribution in [2.45, 2.75) is 13.8 Å². The van der Waals surface area contributed by atoms with Crippen molar-refractivity contribution in [3.63, 3.8) is 0 Å². The van der Waals surface area contributed by atoms with Gasteiger partial charge in [0.1, 0.15) is 0 Å². The van der Waals surface area contributed by atoms with Crippen molar-refractivity contribution < 1.29 is 42.5 Å². The van der Waals surface area contributed by atoms with Crippen molar-refractivity contribution in [1.29, 1.82) is 0 Å². The van der Waals surface area contributed by atoms with Crippen LogP contribution in [-0.4, -0.2) is 31.8 Å². The first-order valence-electron chi connectivity index (χ1n) is 5.17. The molecule has 17 heavy (non-hydrogen) atoms. The summed E-state index contributed by atoms with van der Waals surface area (Å²) in [5, 5.41) is 0. The Morgan fingerprint density at radius 1 is 1.35 bits per heavy atom. The van der Waals surface area contributed by atoms with E-state index in [1.54, 1.807) is 0 Å². The maximum Gasteiger partial charge on any atom is 1.00 e. The largest absolute Gasteiger partial charge is 1.00 e. The van der Waals surface area contributed by atoms with E-state index in [2.05, 4.69) is 0 Å². The quantitative estimate of drug-likeness (QED) is 0.474. The Balaban J connectivity index is 0.00000256. The van der Waals surface area contributed by atoms with E-state index >= 15 is 0 Å². The minimum atomic E-state index is -4.14. The average Bonchev–Trinajstić information content (AvgIpc) is 2.17. The minimum Gasteiger partial charge on any atom is -0.748 e. The number of aryl methyl sites for hydroxylation is 1. The zero-order valence-electron chi connectivity index (χ0n) is 10.5. The first-order valence-corrected chi connectivity index (χ1v) is 6.75. The summed E-state index contributed by atoms with van der Waals surface area (Å²) in [7, 11) is -4.14. The van der Waals surface area contributed by atoms with Crippen LogP contribution in [0.4, 0.5) is 5.69 Å². The van der Waals surface area contributed by atoms with Crippen LogP contribution < -0.4 is 34.5 Å². The summed E-state index contributed by atoms with van der Waals surface area (Å²) >= 11 is 0. The molecular weight excluding hydrogens is 249 g/mol. The molecule has 0 amide bonds. The van der Waals surface area contributed by atoms with E-state index in [4.69, 9.17) is 0 Å². The van der Waals surface area contributed by atoms with Gasteiger partial charge in [-0.05, 0) is 31.5 Å². The summed E-state index contributed by atoms with van der Waals surface area (Å²) in [6.07, 6.45) is 0. The number of hydrogen-bond donors (Lipinski definition) is 0. The molecule has 0 unspecified atom stereocenters. The van der Waals surface area contributed by atoms with Crippen LogP contribution in [-0.2, 0) is 10.1 Å². The summed E-state index contributed by atoms with van der Waals surface area (Å²) < 4.78 is 31.7. The molecule has 0 spiro atoms. The van der Waals surface area contributed by atoms with Gasteiger partial charge in [0.05, 0.1) is 15.9 Å². The topological polar surface area (TPSA) is 60.4 Å². The van der Waals surface area contributed by atoms with E-state index in [1.807, 2.05) is 43.0 Å². The van der Waals surface area contributed by atoms with Crippen molar-refractivity contribution in [1.82, 2.24) is 0 Å². The van der Waals surface area contributed by atoms with Crippen molar-refractivity contribution in [2.24, 2.45) is 0 Å². The van der Waals surface area contributed by atoms with E-state index in [-0.39, 0.29) is 41.9 Å². The Morgan fingerprint density at radius 3 is 2.47 bits per heavy atom. The molecule has 0 fully saturated rings. The van der Waals surface area contributed by atoms with Gasteiger partial charge in [0.25, 0.3) is 0 Å². The van der Waals surface area contributed by atoms with Crippen LogP contribution in [0.25, 0.3) is 0 Å². The van der Waals surface area contributed by atoms with Gasteiger partial charge in [-0.1, -0.05) is 12.1 Å². The Hall–Kier alpha value is -0.0700. The van der Waals surface area contributed by atoms with Gasteiger partial charge < -0.3 is 9.45 Å². The molecule has 0 heterocycles. The molecule has 4 nitrogen and oxygen atoms in total. The number of rotatable bonds is 5.